The van der Waals surface area contributed by atoms with Gasteiger partial charge in [-0.2, -0.15) is 0 Å². The van der Waals surface area contributed by atoms with E-state index in [-0.39, 0.29) is 29.4 Å². The minimum absolute atomic E-state index is 0.138. The zero-order valence-corrected chi connectivity index (χ0v) is 19.2. The van der Waals surface area contributed by atoms with Crippen LogP contribution in [0.2, 0.25) is 5.02 Å². The number of hydrogen-bond acceptors (Lipinski definition) is 3. The SMILES string of the molecule is CC(C(=O)NC1CCCC1)N(Cc1cccc(Cl)c1)C(=O)CSCc1ccccc1F. The molecule has 1 atom stereocenters. The van der Waals surface area contributed by atoms with Crippen molar-refractivity contribution in [2.75, 3.05) is 5.75 Å². The molecule has 7 heteroatoms. The summed E-state index contributed by atoms with van der Waals surface area (Å²) >= 11 is 7.45. The van der Waals surface area contributed by atoms with Gasteiger partial charge in [-0.05, 0) is 49.1 Å². The molecule has 0 bridgehead atoms. The first-order valence-electron chi connectivity index (χ1n) is 10.6. The summed E-state index contributed by atoms with van der Waals surface area (Å²) in [4.78, 5) is 27.5. The van der Waals surface area contributed by atoms with Gasteiger partial charge in [-0.1, -0.05) is 54.8 Å². The van der Waals surface area contributed by atoms with Gasteiger partial charge in [0.2, 0.25) is 11.8 Å². The van der Waals surface area contributed by atoms with Crippen molar-refractivity contribution in [3.8, 4) is 0 Å². The van der Waals surface area contributed by atoms with Crippen molar-refractivity contribution in [2.45, 2.75) is 57.0 Å². The number of hydrogen-bond donors (Lipinski definition) is 1. The third-order valence-electron chi connectivity index (χ3n) is 5.55. The molecule has 166 valence electrons. The third-order valence-corrected chi connectivity index (χ3v) is 6.75. The molecule has 0 aliphatic heterocycles. The number of thioether (sulfide) groups is 1. The highest BCUT2D eigenvalue weighted by Gasteiger charge is 2.28. The molecular weight excluding hydrogens is 435 g/mol. The second-order valence-corrected chi connectivity index (χ2v) is 9.32. The predicted molar refractivity (Wildman–Crippen MR) is 124 cm³/mol. The Balaban J connectivity index is 1.66. The van der Waals surface area contributed by atoms with Gasteiger partial charge >= 0.3 is 0 Å². The lowest BCUT2D eigenvalue weighted by atomic mass is 10.1. The second kappa shape index (κ2) is 11.5. The largest absolute Gasteiger partial charge is 0.352 e. The summed E-state index contributed by atoms with van der Waals surface area (Å²) in [5.74, 6) is -0.0125. The summed E-state index contributed by atoms with van der Waals surface area (Å²) < 4.78 is 13.9. The van der Waals surface area contributed by atoms with E-state index in [0.717, 1.165) is 31.2 Å². The van der Waals surface area contributed by atoms with Crippen LogP contribution < -0.4 is 5.32 Å². The van der Waals surface area contributed by atoms with Crippen molar-refractivity contribution in [2.24, 2.45) is 0 Å². The number of nitrogens with zero attached hydrogens (tertiary/aromatic N) is 1. The number of carbonyl (C=O) groups excluding carboxylic acids is 2. The lowest BCUT2D eigenvalue weighted by Crippen LogP contribution is -2.50. The molecule has 4 nitrogen and oxygen atoms in total. The molecule has 1 saturated carbocycles. The monoisotopic (exact) mass is 462 g/mol. The molecule has 1 aliphatic carbocycles. The standard InChI is InChI=1S/C24H28ClFN2O2S/c1-17(24(30)27-21-10-3-4-11-21)28(14-18-7-6-9-20(25)13-18)23(29)16-31-15-19-8-2-5-12-22(19)26/h2,5-9,12-13,17,21H,3-4,10-11,14-16H2,1H3,(H,27,30). The molecule has 0 spiro atoms. The van der Waals surface area contributed by atoms with Crippen molar-refractivity contribution < 1.29 is 14.0 Å². The zero-order chi connectivity index (χ0) is 22.2. The summed E-state index contributed by atoms with van der Waals surface area (Å²) in [5.41, 5.74) is 1.43. The van der Waals surface area contributed by atoms with E-state index in [4.69, 9.17) is 11.6 Å². The fraction of sp³-hybridized carbons (Fsp3) is 0.417. The van der Waals surface area contributed by atoms with Crippen LogP contribution in [-0.4, -0.2) is 34.6 Å². The van der Waals surface area contributed by atoms with E-state index in [2.05, 4.69) is 5.32 Å². The van der Waals surface area contributed by atoms with Gasteiger partial charge in [0.1, 0.15) is 11.9 Å². The van der Waals surface area contributed by atoms with Crippen molar-refractivity contribution in [1.82, 2.24) is 10.2 Å². The van der Waals surface area contributed by atoms with Crippen LogP contribution in [0.1, 0.15) is 43.7 Å². The van der Waals surface area contributed by atoms with Gasteiger partial charge in [-0.3, -0.25) is 9.59 Å². The normalized spacial score (nSPS) is 14.9. The van der Waals surface area contributed by atoms with Gasteiger partial charge in [-0.25, -0.2) is 4.39 Å². The maximum Gasteiger partial charge on any atom is 0.242 e. The van der Waals surface area contributed by atoms with Crippen LogP contribution in [0.4, 0.5) is 4.39 Å². The van der Waals surface area contributed by atoms with E-state index >= 15 is 0 Å². The highest BCUT2D eigenvalue weighted by molar-refractivity contribution is 7.99. The molecule has 0 heterocycles. The summed E-state index contributed by atoms with van der Waals surface area (Å²) in [5, 5.41) is 3.67. The summed E-state index contributed by atoms with van der Waals surface area (Å²) in [6.07, 6.45) is 4.22. The fourth-order valence-corrected chi connectivity index (χ4v) is 4.86. The molecule has 1 fully saturated rings. The van der Waals surface area contributed by atoms with Crippen LogP contribution >= 0.6 is 23.4 Å². The van der Waals surface area contributed by atoms with Crippen LogP contribution in [-0.2, 0) is 21.9 Å². The smallest absolute Gasteiger partial charge is 0.242 e. The number of rotatable bonds is 9. The average Bonchev–Trinajstić information content (AvgIpc) is 3.26. The Hall–Kier alpha value is -2.05. The summed E-state index contributed by atoms with van der Waals surface area (Å²) in [6, 6.07) is 13.4. The highest BCUT2D eigenvalue weighted by atomic mass is 35.5. The predicted octanol–water partition coefficient (Wildman–Crippen LogP) is 5.19. The van der Waals surface area contributed by atoms with E-state index in [1.807, 2.05) is 12.1 Å². The minimum Gasteiger partial charge on any atom is -0.352 e. The first kappa shape index (κ1) is 23.6. The van der Waals surface area contributed by atoms with Crippen molar-refractivity contribution in [3.63, 3.8) is 0 Å². The van der Waals surface area contributed by atoms with Crippen molar-refractivity contribution in [1.29, 1.82) is 0 Å². The van der Waals surface area contributed by atoms with E-state index in [9.17, 15) is 14.0 Å². The molecule has 3 rings (SSSR count). The lowest BCUT2D eigenvalue weighted by Gasteiger charge is -2.29. The summed E-state index contributed by atoms with van der Waals surface area (Å²) in [6.45, 7) is 2.05. The summed E-state index contributed by atoms with van der Waals surface area (Å²) in [7, 11) is 0. The van der Waals surface area contributed by atoms with Crippen LogP contribution in [0, 0.1) is 5.82 Å². The van der Waals surface area contributed by atoms with Gasteiger partial charge in [0.15, 0.2) is 0 Å². The van der Waals surface area contributed by atoms with Crippen LogP contribution in [0.5, 0.6) is 0 Å². The van der Waals surface area contributed by atoms with Gasteiger partial charge in [-0.15, -0.1) is 11.8 Å². The molecule has 0 aromatic heterocycles. The average molecular weight is 463 g/mol. The third kappa shape index (κ3) is 6.97. The van der Waals surface area contributed by atoms with Crippen molar-refractivity contribution >= 4 is 35.2 Å². The molecule has 0 radical (unpaired) electrons. The maximum atomic E-state index is 13.9. The number of halogens is 2. The zero-order valence-electron chi connectivity index (χ0n) is 17.7. The van der Waals surface area contributed by atoms with Gasteiger partial charge in [0.25, 0.3) is 0 Å². The number of nitrogens with one attached hydrogen (secondary N) is 1. The minimum atomic E-state index is -0.610. The first-order valence-corrected chi connectivity index (χ1v) is 12.1. The van der Waals surface area contributed by atoms with E-state index in [1.54, 1.807) is 42.2 Å². The Morgan fingerprint density at radius 3 is 2.65 bits per heavy atom. The first-order chi connectivity index (χ1) is 14.9. The topological polar surface area (TPSA) is 49.4 Å². The van der Waals surface area contributed by atoms with Crippen molar-refractivity contribution in [3.05, 3.63) is 70.5 Å². The molecule has 2 aromatic rings. The Labute approximate surface area is 192 Å². The Bertz CT molecular complexity index is 905. The maximum absolute atomic E-state index is 13.9. The lowest BCUT2D eigenvalue weighted by molar-refractivity contribution is -0.138. The number of amides is 2. The van der Waals surface area contributed by atoms with E-state index in [1.165, 1.54) is 17.8 Å². The number of carbonyl (C=O) groups is 2. The van der Waals surface area contributed by atoms with Gasteiger partial charge < -0.3 is 10.2 Å². The molecule has 1 unspecified atom stereocenters. The van der Waals surface area contributed by atoms with Crippen LogP contribution in [0.3, 0.4) is 0 Å². The Morgan fingerprint density at radius 2 is 1.94 bits per heavy atom. The van der Waals surface area contributed by atoms with E-state index in [0.29, 0.717) is 22.9 Å². The van der Waals surface area contributed by atoms with Gasteiger partial charge in [0.05, 0.1) is 5.75 Å². The molecule has 1 aliphatic rings. The fourth-order valence-electron chi connectivity index (χ4n) is 3.75. The highest BCUT2D eigenvalue weighted by Crippen LogP contribution is 2.21. The molecule has 31 heavy (non-hydrogen) atoms. The van der Waals surface area contributed by atoms with E-state index < -0.39 is 6.04 Å². The molecule has 0 saturated heterocycles. The number of benzene rings is 2. The van der Waals surface area contributed by atoms with Gasteiger partial charge in [0, 0.05) is 23.4 Å². The quantitative estimate of drug-likeness (QED) is 0.558. The molecule has 1 N–H and O–H groups in total. The molecule has 2 aromatic carbocycles. The Kier molecular flexibility index (Phi) is 8.79. The molecular formula is C24H28ClFN2O2S. The van der Waals surface area contributed by atoms with Crippen LogP contribution in [0.15, 0.2) is 48.5 Å². The van der Waals surface area contributed by atoms with Crippen LogP contribution in [0.25, 0.3) is 0 Å². The second-order valence-electron chi connectivity index (χ2n) is 7.90. The molecule has 2 amide bonds. The Morgan fingerprint density at radius 1 is 1.19 bits per heavy atom.